The first-order valence-corrected chi connectivity index (χ1v) is 11.1. The molecule has 6 heteroatoms. The average Bonchev–Trinajstić information content (AvgIpc) is 3.33. The summed E-state index contributed by atoms with van der Waals surface area (Å²) in [5.41, 5.74) is 7.27. The van der Waals surface area contributed by atoms with E-state index >= 15 is 0 Å². The molecule has 6 nitrogen and oxygen atoms in total. The molecule has 2 aromatic carbocycles. The van der Waals surface area contributed by atoms with Crippen LogP contribution in [0.25, 0.3) is 50.5 Å². The van der Waals surface area contributed by atoms with Crippen molar-refractivity contribution in [1.82, 2.24) is 24.5 Å². The highest BCUT2D eigenvalue weighted by Crippen LogP contribution is 2.41. The van der Waals surface area contributed by atoms with Gasteiger partial charge in [-0.1, -0.05) is 30.3 Å². The van der Waals surface area contributed by atoms with E-state index in [4.69, 9.17) is 4.98 Å². The highest BCUT2D eigenvalue weighted by Gasteiger charge is 2.24. The fourth-order valence-electron chi connectivity index (χ4n) is 4.40. The van der Waals surface area contributed by atoms with Crippen LogP contribution in [0.1, 0.15) is 5.56 Å². The first-order valence-electron chi connectivity index (χ1n) is 11.1. The molecule has 4 heterocycles. The van der Waals surface area contributed by atoms with Crippen LogP contribution in [0.2, 0.25) is 0 Å². The molecule has 0 aliphatic heterocycles. The van der Waals surface area contributed by atoms with E-state index in [1.54, 1.807) is 31.0 Å². The lowest BCUT2D eigenvalue weighted by atomic mass is 9.89. The molecule has 35 heavy (non-hydrogen) atoms. The van der Waals surface area contributed by atoms with Gasteiger partial charge in [0.2, 0.25) is 0 Å². The molecule has 6 aromatic rings. The number of imidazole rings is 1. The third-order valence-corrected chi connectivity index (χ3v) is 5.95. The minimum atomic E-state index is 0.540. The van der Waals surface area contributed by atoms with E-state index in [0.717, 1.165) is 44.7 Å². The van der Waals surface area contributed by atoms with Gasteiger partial charge < -0.3 is 0 Å². The van der Waals surface area contributed by atoms with E-state index in [0.29, 0.717) is 11.4 Å². The molecule has 0 radical (unpaired) electrons. The second-order valence-corrected chi connectivity index (χ2v) is 7.95. The molecule has 0 unspecified atom stereocenters. The van der Waals surface area contributed by atoms with Gasteiger partial charge in [-0.05, 0) is 65.2 Å². The molecule has 0 atom stereocenters. The number of nitrogens with zero attached hydrogens (tertiary/aromatic N) is 6. The SMILES string of the molecule is N#Cc1c(-c2ccncc2)ccc(-c2ccncc2)c1-c1nc2cccnc2n1-c1ccccc1. The number of para-hydroxylation sites is 1. The highest BCUT2D eigenvalue weighted by molar-refractivity contribution is 5.93. The molecule has 0 saturated carbocycles. The summed E-state index contributed by atoms with van der Waals surface area (Å²) >= 11 is 0. The van der Waals surface area contributed by atoms with Gasteiger partial charge in [-0.15, -0.1) is 0 Å². The van der Waals surface area contributed by atoms with Gasteiger partial charge >= 0.3 is 0 Å². The standard InChI is InChI=1S/C29H18N6/c30-19-25-23(20-10-15-31-16-11-20)8-9-24(21-12-17-32-18-13-21)27(25)29-34-26-7-4-14-33-28(26)35(29)22-5-2-1-3-6-22/h1-18H. The van der Waals surface area contributed by atoms with Crippen LogP contribution in [0.15, 0.2) is 110 Å². The van der Waals surface area contributed by atoms with Crippen LogP contribution in [0, 0.1) is 11.3 Å². The van der Waals surface area contributed by atoms with Gasteiger partial charge in [0.15, 0.2) is 5.65 Å². The van der Waals surface area contributed by atoms with E-state index in [1.165, 1.54) is 0 Å². The Morgan fingerprint density at radius 2 is 1.31 bits per heavy atom. The Morgan fingerprint density at radius 3 is 2.00 bits per heavy atom. The topological polar surface area (TPSA) is 80.3 Å². The van der Waals surface area contributed by atoms with Crippen molar-refractivity contribution < 1.29 is 0 Å². The Balaban J connectivity index is 1.76. The highest BCUT2D eigenvalue weighted by atomic mass is 15.1. The Hall–Kier alpha value is -5.15. The zero-order valence-electron chi connectivity index (χ0n) is 18.6. The molecular weight excluding hydrogens is 432 g/mol. The molecule has 0 spiro atoms. The van der Waals surface area contributed by atoms with Crippen molar-refractivity contribution in [1.29, 1.82) is 5.26 Å². The van der Waals surface area contributed by atoms with Gasteiger partial charge in [-0.3, -0.25) is 14.5 Å². The van der Waals surface area contributed by atoms with E-state index < -0.39 is 0 Å². The van der Waals surface area contributed by atoms with Crippen molar-refractivity contribution >= 4 is 11.2 Å². The summed E-state index contributed by atoms with van der Waals surface area (Å²) in [6.07, 6.45) is 8.73. The Labute approximate surface area is 201 Å². The predicted octanol–water partition coefficient (Wildman–Crippen LogP) is 6.08. The van der Waals surface area contributed by atoms with Crippen molar-refractivity contribution in [3.8, 4) is 45.4 Å². The minimum Gasteiger partial charge on any atom is -0.277 e. The van der Waals surface area contributed by atoms with E-state index in [1.807, 2.05) is 83.4 Å². The molecule has 0 N–H and O–H groups in total. The number of pyridine rings is 3. The van der Waals surface area contributed by atoms with E-state index in [-0.39, 0.29) is 0 Å². The van der Waals surface area contributed by atoms with Gasteiger partial charge in [0.25, 0.3) is 0 Å². The number of nitriles is 1. The average molecular weight is 451 g/mol. The zero-order chi connectivity index (χ0) is 23.6. The van der Waals surface area contributed by atoms with Crippen molar-refractivity contribution in [2.75, 3.05) is 0 Å². The zero-order valence-corrected chi connectivity index (χ0v) is 18.6. The fourth-order valence-corrected chi connectivity index (χ4v) is 4.40. The fraction of sp³-hybridized carbons (Fsp3) is 0. The van der Waals surface area contributed by atoms with Gasteiger partial charge in [-0.2, -0.15) is 5.26 Å². The normalized spacial score (nSPS) is 10.8. The summed E-state index contributed by atoms with van der Waals surface area (Å²) in [6, 6.07) is 28.0. The third kappa shape index (κ3) is 3.52. The Bertz CT molecular complexity index is 1680. The predicted molar refractivity (Wildman–Crippen MR) is 135 cm³/mol. The maximum absolute atomic E-state index is 10.5. The maximum atomic E-state index is 10.5. The molecule has 4 aromatic heterocycles. The van der Waals surface area contributed by atoms with Crippen molar-refractivity contribution in [3.05, 3.63) is 115 Å². The largest absolute Gasteiger partial charge is 0.277 e. The second kappa shape index (κ2) is 8.65. The summed E-state index contributed by atoms with van der Waals surface area (Å²) in [7, 11) is 0. The van der Waals surface area contributed by atoms with Crippen LogP contribution < -0.4 is 0 Å². The van der Waals surface area contributed by atoms with Crippen LogP contribution in [-0.2, 0) is 0 Å². The van der Waals surface area contributed by atoms with Crippen LogP contribution in [0.3, 0.4) is 0 Å². The van der Waals surface area contributed by atoms with Crippen molar-refractivity contribution in [2.24, 2.45) is 0 Å². The number of hydrogen-bond acceptors (Lipinski definition) is 5. The molecule has 0 fully saturated rings. The van der Waals surface area contributed by atoms with Crippen LogP contribution >= 0.6 is 0 Å². The second-order valence-electron chi connectivity index (χ2n) is 7.95. The smallest absolute Gasteiger partial charge is 0.164 e. The number of aromatic nitrogens is 5. The summed E-state index contributed by atoms with van der Waals surface area (Å²) in [5, 5.41) is 10.5. The maximum Gasteiger partial charge on any atom is 0.164 e. The Kier molecular flexibility index (Phi) is 5.06. The first kappa shape index (κ1) is 20.5. The van der Waals surface area contributed by atoms with Crippen LogP contribution in [0.4, 0.5) is 0 Å². The lowest BCUT2D eigenvalue weighted by molar-refractivity contribution is 1.08. The van der Waals surface area contributed by atoms with Gasteiger partial charge in [0, 0.05) is 47.8 Å². The molecular formula is C29H18N6. The van der Waals surface area contributed by atoms with E-state index in [2.05, 4.69) is 21.0 Å². The van der Waals surface area contributed by atoms with Gasteiger partial charge in [0.1, 0.15) is 17.4 Å². The first-order chi connectivity index (χ1) is 17.3. The molecule has 0 amide bonds. The lowest BCUT2D eigenvalue weighted by Crippen LogP contribution is -2.02. The monoisotopic (exact) mass is 450 g/mol. The summed E-state index contributed by atoms with van der Waals surface area (Å²) < 4.78 is 2.02. The van der Waals surface area contributed by atoms with E-state index in [9.17, 15) is 5.26 Å². The van der Waals surface area contributed by atoms with Gasteiger partial charge in [-0.25, -0.2) is 9.97 Å². The summed E-state index contributed by atoms with van der Waals surface area (Å²) in [4.78, 5) is 18.0. The summed E-state index contributed by atoms with van der Waals surface area (Å²) in [6.45, 7) is 0. The minimum absolute atomic E-state index is 0.540. The molecule has 0 saturated heterocycles. The molecule has 6 rings (SSSR count). The number of fused-ring (bicyclic) bond motifs is 1. The quantitative estimate of drug-likeness (QED) is 0.325. The van der Waals surface area contributed by atoms with Crippen molar-refractivity contribution in [3.63, 3.8) is 0 Å². The summed E-state index contributed by atoms with van der Waals surface area (Å²) in [5.74, 6) is 0.657. The van der Waals surface area contributed by atoms with Crippen LogP contribution in [-0.4, -0.2) is 24.5 Å². The number of benzene rings is 2. The van der Waals surface area contributed by atoms with Gasteiger partial charge in [0.05, 0.1) is 5.56 Å². The molecule has 164 valence electrons. The molecule has 0 bridgehead atoms. The number of hydrogen-bond donors (Lipinski definition) is 0. The van der Waals surface area contributed by atoms with Crippen molar-refractivity contribution in [2.45, 2.75) is 0 Å². The third-order valence-electron chi connectivity index (χ3n) is 5.95. The molecule has 0 aliphatic carbocycles. The molecule has 0 aliphatic rings. The van der Waals surface area contributed by atoms with Crippen LogP contribution in [0.5, 0.6) is 0 Å². The lowest BCUT2D eigenvalue weighted by Gasteiger charge is -2.17. The number of rotatable bonds is 4. The Morgan fingerprint density at radius 1 is 0.657 bits per heavy atom.